The Hall–Kier alpha value is -2.86. The van der Waals surface area contributed by atoms with Gasteiger partial charge in [0, 0.05) is 5.92 Å². The second kappa shape index (κ2) is 6.80. The molecule has 134 valence electrons. The molecule has 1 aliphatic carbocycles. The van der Waals surface area contributed by atoms with E-state index in [1.54, 1.807) is 0 Å². The van der Waals surface area contributed by atoms with Crippen LogP contribution in [0, 0.1) is 5.92 Å². The number of rotatable bonds is 4. The van der Waals surface area contributed by atoms with E-state index in [2.05, 4.69) is 17.4 Å². The molecule has 1 heterocycles. The first-order valence-corrected chi connectivity index (χ1v) is 8.57. The van der Waals surface area contributed by atoms with Crippen LogP contribution in [0.1, 0.15) is 17.0 Å². The summed E-state index contributed by atoms with van der Waals surface area (Å²) >= 11 is 0. The molecule has 6 nitrogen and oxygen atoms in total. The van der Waals surface area contributed by atoms with E-state index in [4.69, 9.17) is 14.6 Å². The number of carbonyl (C=O) groups excluding carboxylic acids is 1. The average molecular weight is 353 g/mol. The molecule has 0 bridgehead atoms. The molecule has 4 rings (SSSR count). The van der Waals surface area contributed by atoms with Gasteiger partial charge in [0.1, 0.15) is 12.5 Å². The highest BCUT2D eigenvalue weighted by Crippen LogP contribution is 2.44. The summed E-state index contributed by atoms with van der Waals surface area (Å²) in [6.45, 7) is 0.482. The van der Waals surface area contributed by atoms with Gasteiger partial charge < -0.3 is 19.9 Å². The quantitative estimate of drug-likeness (QED) is 0.883. The van der Waals surface area contributed by atoms with Gasteiger partial charge in [0.15, 0.2) is 0 Å². The van der Waals surface area contributed by atoms with Gasteiger partial charge in [-0.15, -0.1) is 0 Å². The minimum atomic E-state index is -0.980. The minimum absolute atomic E-state index is 0.0248. The molecule has 26 heavy (non-hydrogen) atoms. The molecule has 2 atom stereocenters. The number of fused-ring (bicyclic) bond motifs is 3. The van der Waals surface area contributed by atoms with Crippen molar-refractivity contribution in [3.63, 3.8) is 0 Å². The maximum absolute atomic E-state index is 12.2. The number of hydrogen-bond donors (Lipinski definition) is 2. The summed E-state index contributed by atoms with van der Waals surface area (Å²) in [6.07, 6.45) is -0.617. The molecule has 6 heteroatoms. The summed E-state index contributed by atoms with van der Waals surface area (Å²) in [5.41, 5.74) is 4.59. The second-order valence-electron chi connectivity index (χ2n) is 6.56. The molecule has 2 aromatic carbocycles. The van der Waals surface area contributed by atoms with Crippen molar-refractivity contribution in [3.8, 4) is 11.1 Å². The zero-order valence-corrected chi connectivity index (χ0v) is 14.1. The van der Waals surface area contributed by atoms with Gasteiger partial charge >= 0.3 is 12.1 Å². The lowest BCUT2D eigenvalue weighted by Crippen LogP contribution is -2.43. The van der Waals surface area contributed by atoms with Crippen molar-refractivity contribution in [1.82, 2.24) is 5.32 Å². The number of hydrogen-bond acceptors (Lipinski definition) is 4. The monoisotopic (exact) mass is 353 g/mol. The van der Waals surface area contributed by atoms with Crippen LogP contribution in [0.15, 0.2) is 48.5 Å². The third kappa shape index (κ3) is 2.93. The Labute approximate surface area is 150 Å². The Morgan fingerprint density at radius 1 is 1.04 bits per heavy atom. The topological polar surface area (TPSA) is 84.9 Å². The smallest absolute Gasteiger partial charge is 0.407 e. The number of amides is 1. The van der Waals surface area contributed by atoms with Gasteiger partial charge in [-0.1, -0.05) is 48.5 Å². The van der Waals surface area contributed by atoms with Crippen molar-refractivity contribution in [3.05, 3.63) is 59.7 Å². The summed E-state index contributed by atoms with van der Waals surface area (Å²) in [5, 5.41) is 11.8. The Morgan fingerprint density at radius 2 is 1.65 bits per heavy atom. The number of benzene rings is 2. The number of alkyl carbamates (subject to hydrolysis) is 1. The first kappa shape index (κ1) is 16.6. The normalized spacial score (nSPS) is 21.1. The van der Waals surface area contributed by atoms with Crippen LogP contribution >= 0.6 is 0 Å². The summed E-state index contributed by atoms with van der Waals surface area (Å²) in [5.74, 6) is -1.75. The molecule has 0 spiro atoms. The highest BCUT2D eigenvalue weighted by atomic mass is 16.5. The predicted octanol–water partition coefficient (Wildman–Crippen LogP) is 2.62. The third-order valence-electron chi connectivity index (χ3n) is 5.04. The number of ether oxygens (including phenoxy) is 2. The molecule has 0 saturated carbocycles. The molecule has 1 amide bonds. The van der Waals surface area contributed by atoms with Gasteiger partial charge in [-0.25, -0.2) is 4.79 Å². The molecular weight excluding hydrogens is 334 g/mol. The van der Waals surface area contributed by atoms with E-state index in [-0.39, 0.29) is 25.7 Å². The summed E-state index contributed by atoms with van der Waals surface area (Å²) < 4.78 is 10.6. The Balaban J connectivity index is 1.45. The van der Waals surface area contributed by atoms with Gasteiger partial charge in [-0.05, 0) is 22.3 Å². The maximum atomic E-state index is 12.2. The fraction of sp³-hybridized carbons (Fsp3) is 0.300. The van der Waals surface area contributed by atoms with Gasteiger partial charge in [0.05, 0.1) is 19.3 Å². The van der Waals surface area contributed by atoms with E-state index in [1.807, 2.05) is 36.4 Å². The average Bonchev–Trinajstić information content (AvgIpc) is 3.23. The Morgan fingerprint density at radius 3 is 2.27 bits per heavy atom. The van der Waals surface area contributed by atoms with Crippen LogP contribution in [-0.2, 0) is 14.3 Å². The van der Waals surface area contributed by atoms with Crippen LogP contribution in [-0.4, -0.2) is 43.0 Å². The van der Waals surface area contributed by atoms with E-state index in [9.17, 15) is 9.59 Å². The van der Waals surface area contributed by atoms with Crippen molar-refractivity contribution in [2.45, 2.75) is 12.0 Å². The first-order chi connectivity index (χ1) is 12.6. The van der Waals surface area contributed by atoms with E-state index < -0.39 is 24.0 Å². The predicted molar refractivity (Wildman–Crippen MR) is 93.9 cm³/mol. The SMILES string of the molecule is O=C(NC1COCC1C(=O)O)OCC1c2ccccc2-c2ccccc21. The van der Waals surface area contributed by atoms with E-state index in [0.29, 0.717) is 0 Å². The van der Waals surface area contributed by atoms with Crippen LogP contribution in [0.5, 0.6) is 0 Å². The molecule has 1 fully saturated rings. The van der Waals surface area contributed by atoms with E-state index in [1.165, 1.54) is 0 Å². The summed E-state index contributed by atoms with van der Waals surface area (Å²) in [6, 6.07) is 15.6. The maximum Gasteiger partial charge on any atom is 0.407 e. The lowest BCUT2D eigenvalue weighted by atomic mass is 9.98. The van der Waals surface area contributed by atoms with Crippen LogP contribution in [0.25, 0.3) is 11.1 Å². The lowest BCUT2D eigenvalue weighted by Gasteiger charge is -2.18. The first-order valence-electron chi connectivity index (χ1n) is 8.57. The van der Waals surface area contributed by atoms with Gasteiger partial charge in [-0.3, -0.25) is 4.79 Å². The fourth-order valence-electron chi connectivity index (χ4n) is 3.73. The molecule has 0 aromatic heterocycles. The van der Waals surface area contributed by atoms with E-state index in [0.717, 1.165) is 22.3 Å². The molecule has 2 aliphatic rings. The van der Waals surface area contributed by atoms with Gasteiger partial charge in [-0.2, -0.15) is 0 Å². The van der Waals surface area contributed by atoms with Gasteiger partial charge in [0.2, 0.25) is 0 Å². The Kier molecular flexibility index (Phi) is 4.34. The van der Waals surface area contributed by atoms with Crippen molar-refractivity contribution in [1.29, 1.82) is 0 Å². The van der Waals surface area contributed by atoms with Gasteiger partial charge in [0.25, 0.3) is 0 Å². The van der Waals surface area contributed by atoms with Crippen molar-refractivity contribution in [2.24, 2.45) is 5.92 Å². The molecule has 2 unspecified atom stereocenters. The van der Waals surface area contributed by atoms with E-state index >= 15 is 0 Å². The summed E-state index contributed by atoms with van der Waals surface area (Å²) in [7, 11) is 0. The number of nitrogens with one attached hydrogen (secondary N) is 1. The third-order valence-corrected chi connectivity index (χ3v) is 5.04. The number of carboxylic acids is 1. The van der Waals surface area contributed by atoms with Crippen LogP contribution < -0.4 is 5.32 Å². The largest absolute Gasteiger partial charge is 0.481 e. The molecule has 2 aromatic rings. The second-order valence-corrected chi connectivity index (χ2v) is 6.56. The standard InChI is InChI=1S/C20H19NO5/c22-19(23)17-9-25-11-18(17)21-20(24)26-10-16-14-7-3-1-5-12(14)13-6-2-4-8-15(13)16/h1-8,16-18H,9-11H2,(H,21,24)(H,22,23). The Bertz CT molecular complexity index is 804. The molecule has 2 N–H and O–H groups in total. The van der Waals surface area contributed by atoms with Crippen molar-refractivity contribution >= 4 is 12.1 Å². The lowest BCUT2D eigenvalue weighted by molar-refractivity contribution is -0.142. The number of aliphatic carboxylic acids is 1. The molecule has 1 aliphatic heterocycles. The summed E-state index contributed by atoms with van der Waals surface area (Å²) in [4.78, 5) is 23.3. The molecular formula is C20H19NO5. The van der Waals surface area contributed by atoms with Crippen molar-refractivity contribution in [2.75, 3.05) is 19.8 Å². The zero-order chi connectivity index (χ0) is 18.1. The van der Waals surface area contributed by atoms with Crippen molar-refractivity contribution < 1.29 is 24.2 Å². The minimum Gasteiger partial charge on any atom is -0.481 e. The highest BCUT2D eigenvalue weighted by Gasteiger charge is 2.36. The van der Waals surface area contributed by atoms with Crippen LogP contribution in [0.4, 0.5) is 4.79 Å². The number of carboxylic acid groups (broad SMARTS) is 1. The zero-order valence-electron chi connectivity index (χ0n) is 14.1. The molecule has 1 saturated heterocycles. The highest BCUT2D eigenvalue weighted by molar-refractivity contribution is 5.79. The van der Waals surface area contributed by atoms with Crippen LogP contribution in [0.3, 0.4) is 0 Å². The molecule has 0 radical (unpaired) electrons. The van der Waals surface area contributed by atoms with Crippen LogP contribution in [0.2, 0.25) is 0 Å². The number of carbonyl (C=O) groups is 2. The fourth-order valence-corrected chi connectivity index (χ4v) is 3.73.